The summed E-state index contributed by atoms with van der Waals surface area (Å²) in [4.78, 5) is 0. The van der Waals surface area contributed by atoms with E-state index in [1.807, 2.05) is 0 Å². The van der Waals surface area contributed by atoms with Gasteiger partial charge in [0.15, 0.2) is 0 Å². The van der Waals surface area contributed by atoms with Gasteiger partial charge in [0.05, 0.1) is 0 Å². The molecule has 0 aromatic carbocycles. The van der Waals surface area contributed by atoms with Gasteiger partial charge in [0.2, 0.25) is 0 Å². The van der Waals surface area contributed by atoms with E-state index in [2.05, 4.69) is 11.6 Å². The standard InChI is InChI=1S/C10H21ClN2O2S/c1-10(9-11)5-4-6-12-16(14,15)13-7-2-3-8-13/h10,12H,2-9H2,1H3. The molecule has 0 amide bonds. The minimum Gasteiger partial charge on any atom is -0.202 e. The molecule has 1 N–H and O–H groups in total. The zero-order valence-corrected chi connectivity index (χ0v) is 11.4. The van der Waals surface area contributed by atoms with E-state index in [0.717, 1.165) is 25.7 Å². The molecule has 0 aromatic heterocycles. The molecule has 96 valence electrons. The van der Waals surface area contributed by atoms with Gasteiger partial charge in [-0.05, 0) is 31.6 Å². The monoisotopic (exact) mass is 268 g/mol. The van der Waals surface area contributed by atoms with Crippen molar-refractivity contribution in [3.63, 3.8) is 0 Å². The van der Waals surface area contributed by atoms with Crippen LogP contribution in [0.25, 0.3) is 0 Å². The van der Waals surface area contributed by atoms with Crippen LogP contribution >= 0.6 is 11.6 Å². The Hall–Kier alpha value is 0.160. The second-order valence-electron chi connectivity index (χ2n) is 4.41. The summed E-state index contributed by atoms with van der Waals surface area (Å²) in [5.41, 5.74) is 0. The van der Waals surface area contributed by atoms with E-state index in [1.165, 1.54) is 4.31 Å². The first-order chi connectivity index (χ1) is 7.56. The van der Waals surface area contributed by atoms with Crippen LogP contribution in [0.5, 0.6) is 0 Å². The average Bonchev–Trinajstić information content (AvgIpc) is 2.78. The molecular weight excluding hydrogens is 248 g/mol. The Balaban J connectivity index is 2.20. The fourth-order valence-corrected chi connectivity index (χ4v) is 3.23. The third-order valence-corrected chi connectivity index (χ3v) is 4.97. The summed E-state index contributed by atoms with van der Waals surface area (Å²) < 4.78 is 27.6. The fourth-order valence-electron chi connectivity index (χ4n) is 1.75. The second kappa shape index (κ2) is 6.79. The quantitative estimate of drug-likeness (QED) is 0.563. The molecule has 1 unspecified atom stereocenters. The molecule has 1 aliphatic rings. The molecule has 1 rings (SSSR count). The average molecular weight is 269 g/mol. The van der Waals surface area contributed by atoms with Gasteiger partial charge in [-0.2, -0.15) is 12.7 Å². The van der Waals surface area contributed by atoms with Crippen molar-refractivity contribution in [1.29, 1.82) is 0 Å². The summed E-state index contributed by atoms with van der Waals surface area (Å²) in [7, 11) is -3.21. The fraction of sp³-hybridized carbons (Fsp3) is 1.00. The molecule has 6 heteroatoms. The summed E-state index contributed by atoms with van der Waals surface area (Å²) in [5.74, 6) is 1.09. The summed E-state index contributed by atoms with van der Waals surface area (Å²) in [6.07, 6.45) is 3.77. The smallest absolute Gasteiger partial charge is 0.202 e. The number of rotatable bonds is 7. The topological polar surface area (TPSA) is 49.4 Å². The first-order valence-electron chi connectivity index (χ1n) is 5.87. The van der Waals surface area contributed by atoms with Crippen LogP contribution in [0.3, 0.4) is 0 Å². The Morgan fingerprint density at radius 3 is 2.56 bits per heavy atom. The van der Waals surface area contributed by atoms with Crippen LogP contribution in [0.4, 0.5) is 0 Å². The van der Waals surface area contributed by atoms with Crippen molar-refractivity contribution in [1.82, 2.24) is 9.03 Å². The van der Waals surface area contributed by atoms with Gasteiger partial charge in [-0.15, -0.1) is 11.6 Å². The molecule has 0 saturated carbocycles. The van der Waals surface area contributed by atoms with E-state index in [1.54, 1.807) is 0 Å². The predicted molar refractivity (Wildman–Crippen MR) is 66.8 cm³/mol. The van der Waals surface area contributed by atoms with E-state index < -0.39 is 10.2 Å². The molecule has 0 spiro atoms. The zero-order chi connectivity index (χ0) is 12.0. The van der Waals surface area contributed by atoms with Crippen LogP contribution in [0.2, 0.25) is 0 Å². The van der Waals surface area contributed by atoms with E-state index in [4.69, 9.17) is 11.6 Å². The van der Waals surface area contributed by atoms with Crippen molar-refractivity contribution in [2.45, 2.75) is 32.6 Å². The van der Waals surface area contributed by atoms with Gasteiger partial charge in [0, 0.05) is 25.5 Å². The highest BCUT2D eigenvalue weighted by atomic mass is 35.5. The van der Waals surface area contributed by atoms with Gasteiger partial charge in [0.25, 0.3) is 10.2 Å². The number of hydrogen-bond donors (Lipinski definition) is 1. The highest BCUT2D eigenvalue weighted by molar-refractivity contribution is 7.87. The van der Waals surface area contributed by atoms with Crippen molar-refractivity contribution in [3.05, 3.63) is 0 Å². The molecule has 4 nitrogen and oxygen atoms in total. The van der Waals surface area contributed by atoms with Crippen molar-refractivity contribution < 1.29 is 8.42 Å². The molecule has 0 radical (unpaired) electrons. The number of alkyl halides is 1. The van der Waals surface area contributed by atoms with Gasteiger partial charge in [-0.1, -0.05) is 6.92 Å². The van der Waals surface area contributed by atoms with Crippen molar-refractivity contribution in [2.24, 2.45) is 5.92 Å². The van der Waals surface area contributed by atoms with Crippen LogP contribution < -0.4 is 4.72 Å². The maximum atomic E-state index is 11.7. The lowest BCUT2D eigenvalue weighted by atomic mass is 10.1. The maximum absolute atomic E-state index is 11.7. The van der Waals surface area contributed by atoms with E-state index in [0.29, 0.717) is 31.4 Å². The highest BCUT2D eigenvalue weighted by Gasteiger charge is 2.24. The lowest BCUT2D eigenvalue weighted by Gasteiger charge is -2.16. The number of hydrogen-bond acceptors (Lipinski definition) is 2. The predicted octanol–water partition coefficient (Wildman–Crippen LogP) is 1.57. The summed E-state index contributed by atoms with van der Waals surface area (Å²) in [5, 5.41) is 0. The van der Waals surface area contributed by atoms with E-state index in [-0.39, 0.29) is 0 Å². The number of halogens is 1. The second-order valence-corrected chi connectivity index (χ2v) is 6.47. The molecule has 1 heterocycles. The minimum atomic E-state index is -3.21. The molecule has 1 saturated heterocycles. The molecule has 1 atom stereocenters. The Morgan fingerprint density at radius 1 is 1.38 bits per heavy atom. The molecule has 0 bridgehead atoms. The summed E-state index contributed by atoms with van der Waals surface area (Å²) in [6, 6.07) is 0. The van der Waals surface area contributed by atoms with E-state index >= 15 is 0 Å². The Morgan fingerprint density at radius 2 is 2.00 bits per heavy atom. The van der Waals surface area contributed by atoms with Crippen LogP contribution in [-0.2, 0) is 10.2 Å². The van der Waals surface area contributed by atoms with Gasteiger partial charge in [-0.3, -0.25) is 0 Å². The normalized spacial score (nSPS) is 20.1. The van der Waals surface area contributed by atoms with Crippen LogP contribution in [-0.4, -0.2) is 38.2 Å². The van der Waals surface area contributed by atoms with Crippen LogP contribution in [0.1, 0.15) is 32.6 Å². The summed E-state index contributed by atoms with van der Waals surface area (Å²) in [6.45, 7) is 3.91. The molecule has 1 fully saturated rings. The first kappa shape index (κ1) is 14.2. The van der Waals surface area contributed by atoms with Crippen molar-refractivity contribution in [3.8, 4) is 0 Å². The van der Waals surface area contributed by atoms with E-state index in [9.17, 15) is 8.42 Å². The van der Waals surface area contributed by atoms with Gasteiger partial charge in [0.1, 0.15) is 0 Å². The maximum Gasteiger partial charge on any atom is 0.279 e. The van der Waals surface area contributed by atoms with Gasteiger partial charge >= 0.3 is 0 Å². The molecule has 1 aliphatic heterocycles. The van der Waals surface area contributed by atoms with Crippen molar-refractivity contribution in [2.75, 3.05) is 25.5 Å². The lowest BCUT2D eigenvalue weighted by molar-refractivity contribution is 0.460. The Bertz CT molecular complexity index is 289. The lowest BCUT2D eigenvalue weighted by Crippen LogP contribution is -2.39. The summed E-state index contributed by atoms with van der Waals surface area (Å²) >= 11 is 5.68. The number of nitrogens with zero attached hydrogens (tertiary/aromatic N) is 1. The molecule has 0 aliphatic carbocycles. The molecule has 16 heavy (non-hydrogen) atoms. The Kier molecular flexibility index (Phi) is 6.03. The zero-order valence-electron chi connectivity index (χ0n) is 9.78. The van der Waals surface area contributed by atoms with Crippen molar-refractivity contribution >= 4 is 21.8 Å². The van der Waals surface area contributed by atoms with Crippen LogP contribution in [0, 0.1) is 5.92 Å². The largest absolute Gasteiger partial charge is 0.279 e. The SMILES string of the molecule is CC(CCl)CCCNS(=O)(=O)N1CCCC1. The Labute approximate surface area is 104 Å². The molecule has 0 aromatic rings. The molecular formula is C10H21ClN2O2S. The highest BCUT2D eigenvalue weighted by Crippen LogP contribution is 2.11. The number of nitrogens with one attached hydrogen (secondary N) is 1. The first-order valence-corrected chi connectivity index (χ1v) is 7.84. The van der Waals surface area contributed by atoms with Gasteiger partial charge in [-0.25, -0.2) is 4.72 Å². The third kappa shape index (κ3) is 4.57. The minimum absolute atomic E-state index is 0.456. The third-order valence-electron chi connectivity index (χ3n) is 2.83. The van der Waals surface area contributed by atoms with Crippen LogP contribution in [0.15, 0.2) is 0 Å². The van der Waals surface area contributed by atoms with Gasteiger partial charge < -0.3 is 0 Å².